The summed E-state index contributed by atoms with van der Waals surface area (Å²) in [7, 11) is 0. The zero-order chi connectivity index (χ0) is 18.0. The molecule has 0 radical (unpaired) electrons. The lowest BCUT2D eigenvalue weighted by molar-refractivity contribution is 0.0646. The molecule has 0 bridgehead atoms. The van der Waals surface area contributed by atoms with Crippen LogP contribution in [0.15, 0.2) is 36.5 Å². The number of phenolic OH excluding ortho intramolecular Hbond substituents is 1. The minimum Gasteiger partial charge on any atom is -0.508 e. The van der Waals surface area contributed by atoms with Crippen LogP contribution in [0.4, 0.5) is 0 Å². The van der Waals surface area contributed by atoms with Crippen LogP contribution in [0.1, 0.15) is 51.0 Å². The average Bonchev–Trinajstić information content (AvgIpc) is 3.12. The number of likely N-dealkylation sites (tertiary alicyclic amines) is 1. The van der Waals surface area contributed by atoms with Gasteiger partial charge in [0.05, 0.1) is 0 Å². The number of H-pyrrole nitrogens is 1. The first-order valence-electron chi connectivity index (χ1n) is 8.27. The Kier molecular flexibility index (Phi) is 4.70. The molecule has 6 nitrogen and oxygen atoms in total. The second-order valence-corrected chi connectivity index (χ2v) is 6.34. The minimum absolute atomic E-state index is 0.0471. The van der Waals surface area contributed by atoms with Gasteiger partial charge in [0.15, 0.2) is 11.6 Å². The lowest BCUT2D eigenvalue weighted by atomic mass is 9.89. The summed E-state index contributed by atoms with van der Waals surface area (Å²) in [5.41, 5.74) is 1.47. The number of carbonyl (C=O) groups is 3. The number of aromatic hydroxyl groups is 1. The Morgan fingerprint density at radius 1 is 1.08 bits per heavy atom. The number of hydrogen-bond donors (Lipinski definition) is 2. The minimum atomic E-state index is -0.150. The van der Waals surface area contributed by atoms with Gasteiger partial charge in [-0.05, 0) is 50.1 Å². The van der Waals surface area contributed by atoms with Crippen molar-refractivity contribution < 1.29 is 19.5 Å². The van der Waals surface area contributed by atoms with Crippen molar-refractivity contribution in [3.8, 4) is 5.75 Å². The van der Waals surface area contributed by atoms with E-state index in [4.69, 9.17) is 0 Å². The topological polar surface area (TPSA) is 90.5 Å². The number of phenols is 1. The highest BCUT2D eigenvalue weighted by Crippen LogP contribution is 2.24. The molecule has 1 fully saturated rings. The predicted octanol–water partition coefficient (Wildman–Crippen LogP) is 2.66. The summed E-state index contributed by atoms with van der Waals surface area (Å²) in [6.07, 6.45) is 2.74. The van der Waals surface area contributed by atoms with Crippen molar-refractivity contribution in [2.75, 3.05) is 13.1 Å². The van der Waals surface area contributed by atoms with Crippen LogP contribution in [0.25, 0.3) is 0 Å². The van der Waals surface area contributed by atoms with E-state index in [1.807, 2.05) is 0 Å². The molecule has 1 aromatic carbocycles. The maximum atomic E-state index is 12.5. The fraction of sp³-hybridized carbons (Fsp3) is 0.316. The number of benzene rings is 1. The highest BCUT2D eigenvalue weighted by molar-refractivity contribution is 6.00. The number of carbonyl (C=O) groups excluding carboxylic acids is 3. The molecule has 2 N–H and O–H groups in total. The molecule has 2 aromatic rings. The standard InChI is InChI=1S/C19H20N2O4/c1-12(22)15-10-17(20-11-15)19(25)21-8-6-14(7-9-21)18(24)13-2-4-16(23)5-3-13/h2-5,10-11,14,20,23H,6-9H2,1H3. The molecule has 2 heterocycles. The van der Waals surface area contributed by atoms with Crippen LogP contribution in [0, 0.1) is 5.92 Å². The first-order valence-corrected chi connectivity index (χ1v) is 8.27. The Morgan fingerprint density at radius 3 is 2.28 bits per heavy atom. The van der Waals surface area contributed by atoms with E-state index >= 15 is 0 Å². The molecule has 1 aliphatic rings. The van der Waals surface area contributed by atoms with Crippen LogP contribution in [0.5, 0.6) is 5.75 Å². The fourth-order valence-electron chi connectivity index (χ4n) is 3.10. The molecular weight excluding hydrogens is 320 g/mol. The third kappa shape index (κ3) is 3.63. The van der Waals surface area contributed by atoms with Crippen molar-refractivity contribution in [3.63, 3.8) is 0 Å². The highest BCUT2D eigenvalue weighted by Gasteiger charge is 2.29. The maximum absolute atomic E-state index is 12.5. The zero-order valence-corrected chi connectivity index (χ0v) is 14.0. The van der Waals surface area contributed by atoms with Crippen LogP contribution < -0.4 is 0 Å². The summed E-state index contributed by atoms with van der Waals surface area (Å²) in [5.74, 6) is -0.180. The Morgan fingerprint density at radius 2 is 1.72 bits per heavy atom. The van der Waals surface area contributed by atoms with Gasteiger partial charge in [-0.15, -0.1) is 0 Å². The monoisotopic (exact) mass is 340 g/mol. The van der Waals surface area contributed by atoms with Crippen molar-refractivity contribution >= 4 is 17.5 Å². The molecule has 0 aliphatic carbocycles. The van der Waals surface area contributed by atoms with E-state index in [1.54, 1.807) is 23.1 Å². The van der Waals surface area contributed by atoms with Crippen molar-refractivity contribution in [3.05, 3.63) is 53.3 Å². The summed E-state index contributed by atoms with van der Waals surface area (Å²) in [5, 5.41) is 9.31. The van der Waals surface area contributed by atoms with Crippen LogP contribution >= 0.6 is 0 Å². The van der Waals surface area contributed by atoms with Crippen molar-refractivity contribution in [1.29, 1.82) is 0 Å². The molecule has 0 saturated carbocycles. The van der Waals surface area contributed by atoms with Gasteiger partial charge in [-0.1, -0.05) is 0 Å². The van der Waals surface area contributed by atoms with Crippen LogP contribution in [-0.2, 0) is 0 Å². The van der Waals surface area contributed by atoms with E-state index in [2.05, 4.69) is 4.98 Å². The van der Waals surface area contributed by atoms with Crippen molar-refractivity contribution in [2.24, 2.45) is 5.92 Å². The molecule has 130 valence electrons. The summed E-state index contributed by atoms with van der Waals surface area (Å²) >= 11 is 0. The smallest absolute Gasteiger partial charge is 0.270 e. The zero-order valence-electron chi connectivity index (χ0n) is 14.0. The van der Waals surface area contributed by atoms with E-state index in [1.165, 1.54) is 25.3 Å². The van der Waals surface area contributed by atoms with Gasteiger partial charge in [0.25, 0.3) is 5.91 Å². The number of hydrogen-bond acceptors (Lipinski definition) is 4. The van der Waals surface area contributed by atoms with Crippen LogP contribution in [-0.4, -0.2) is 45.6 Å². The van der Waals surface area contributed by atoms with Gasteiger partial charge in [0.1, 0.15) is 11.4 Å². The number of Topliss-reactive ketones (excluding diaryl/α,β-unsaturated/α-hetero) is 2. The van der Waals surface area contributed by atoms with Gasteiger partial charge in [-0.2, -0.15) is 0 Å². The van der Waals surface area contributed by atoms with E-state index < -0.39 is 0 Å². The highest BCUT2D eigenvalue weighted by atomic mass is 16.3. The van der Waals surface area contributed by atoms with Gasteiger partial charge in [0.2, 0.25) is 0 Å². The second-order valence-electron chi connectivity index (χ2n) is 6.34. The Labute approximate surface area is 145 Å². The molecule has 0 atom stereocenters. The number of rotatable bonds is 4. The Bertz CT molecular complexity index is 799. The summed E-state index contributed by atoms with van der Waals surface area (Å²) in [4.78, 5) is 40.9. The van der Waals surface area contributed by atoms with Gasteiger partial charge < -0.3 is 15.0 Å². The summed E-state index contributed by atoms with van der Waals surface area (Å²) < 4.78 is 0. The molecule has 1 aliphatic heterocycles. The predicted molar refractivity (Wildman–Crippen MR) is 91.9 cm³/mol. The molecule has 0 spiro atoms. The number of aromatic nitrogens is 1. The summed E-state index contributed by atoms with van der Waals surface area (Å²) in [6.45, 7) is 2.46. The maximum Gasteiger partial charge on any atom is 0.270 e. The Balaban J connectivity index is 1.61. The quantitative estimate of drug-likeness (QED) is 0.837. The normalized spacial score (nSPS) is 15.2. The van der Waals surface area contributed by atoms with E-state index in [0.717, 1.165) is 0 Å². The van der Waals surface area contributed by atoms with Gasteiger partial charge in [0, 0.05) is 36.3 Å². The Hall–Kier alpha value is -2.89. The lowest BCUT2D eigenvalue weighted by Gasteiger charge is -2.31. The number of ketones is 2. The largest absolute Gasteiger partial charge is 0.508 e. The fourth-order valence-corrected chi connectivity index (χ4v) is 3.10. The SMILES string of the molecule is CC(=O)c1c[nH]c(C(=O)N2CCC(C(=O)c3ccc(O)cc3)CC2)c1. The number of aromatic amines is 1. The first-order chi connectivity index (χ1) is 12.0. The number of nitrogens with one attached hydrogen (secondary N) is 1. The molecular formula is C19H20N2O4. The lowest BCUT2D eigenvalue weighted by Crippen LogP contribution is -2.40. The number of nitrogens with zero attached hydrogens (tertiary/aromatic N) is 1. The van der Waals surface area contributed by atoms with E-state index in [0.29, 0.717) is 42.8 Å². The number of piperidine rings is 1. The molecule has 25 heavy (non-hydrogen) atoms. The summed E-state index contributed by atoms with van der Waals surface area (Å²) in [6, 6.07) is 7.82. The van der Waals surface area contributed by atoms with Gasteiger partial charge in [-0.25, -0.2) is 0 Å². The third-order valence-corrected chi connectivity index (χ3v) is 4.62. The molecule has 3 rings (SSSR count). The molecule has 1 saturated heterocycles. The van der Waals surface area contributed by atoms with Crippen molar-refractivity contribution in [1.82, 2.24) is 9.88 Å². The van der Waals surface area contributed by atoms with Crippen LogP contribution in [0.3, 0.4) is 0 Å². The molecule has 1 amide bonds. The van der Waals surface area contributed by atoms with E-state index in [-0.39, 0.29) is 29.1 Å². The van der Waals surface area contributed by atoms with Crippen LogP contribution in [0.2, 0.25) is 0 Å². The molecule has 1 aromatic heterocycles. The van der Waals surface area contributed by atoms with Gasteiger partial charge >= 0.3 is 0 Å². The molecule has 6 heteroatoms. The van der Waals surface area contributed by atoms with Gasteiger partial charge in [-0.3, -0.25) is 14.4 Å². The average molecular weight is 340 g/mol. The number of amides is 1. The van der Waals surface area contributed by atoms with Crippen molar-refractivity contribution in [2.45, 2.75) is 19.8 Å². The molecule has 0 unspecified atom stereocenters. The van der Waals surface area contributed by atoms with E-state index in [9.17, 15) is 19.5 Å². The third-order valence-electron chi connectivity index (χ3n) is 4.62. The first kappa shape index (κ1) is 17.0. The second kappa shape index (κ2) is 6.93.